The fraction of sp³-hybridized carbons (Fsp3) is 0.467. The molecule has 0 radical (unpaired) electrons. The maximum atomic E-state index is 5.44. The standard InChI is InChI=1S/C15H21N3OS/c1-12(15-17-16-13(2)19-15)20-10-9-18(3)11-14-7-5-4-6-8-14/h4-8,12H,9-11H2,1-3H3. The first kappa shape index (κ1) is 15.1. The van der Waals surface area contributed by atoms with Gasteiger partial charge in [0.25, 0.3) is 0 Å². The molecule has 0 aliphatic carbocycles. The smallest absolute Gasteiger partial charge is 0.229 e. The zero-order valence-corrected chi connectivity index (χ0v) is 13.1. The van der Waals surface area contributed by atoms with Crippen molar-refractivity contribution < 1.29 is 4.42 Å². The van der Waals surface area contributed by atoms with E-state index in [9.17, 15) is 0 Å². The highest BCUT2D eigenvalue weighted by Gasteiger charge is 2.13. The highest BCUT2D eigenvalue weighted by Crippen LogP contribution is 2.26. The summed E-state index contributed by atoms with van der Waals surface area (Å²) in [4.78, 5) is 2.33. The topological polar surface area (TPSA) is 42.2 Å². The summed E-state index contributed by atoms with van der Waals surface area (Å²) in [5, 5.41) is 8.18. The molecule has 1 unspecified atom stereocenters. The van der Waals surface area contributed by atoms with Gasteiger partial charge < -0.3 is 9.32 Å². The van der Waals surface area contributed by atoms with Gasteiger partial charge in [0.1, 0.15) is 0 Å². The summed E-state index contributed by atoms with van der Waals surface area (Å²) in [5.41, 5.74) is 1.35. The van der Waals surface area contributed by atoms with E-state index in [0.29, 0.717) is 5.89 Å². The highest BCUT2D eigenvalue weighted by atomic mass is 32.2. The van der Waals surface area contributed by atoms with E-state index in [1.807, 2.05) is 24.8 Å². The zero-order valence-electron chi connectivity index (χ0n) is 12.2. The molecule has 20 heavy (non-hydrogen) atoms. The van der Waals surface area contributed by atoms with E-state index < -0.39 is 0 Å². The average Bonchev–Trinajstić information content (AvgIpc) is 2.86. The van der Waals surface area contributed by atoms with Gasteiger partial charge in [-0.2, -0.15) is 0 Å². The fourth-order valence-corrected chi connectivity index (χ4v) is 2.92. The Kier molecular flexibility index (Phi) is 5.61. The third-order valence-electron chi connectivity index (χ3n) is 3.03. The lowest BCUT2D eigenvalue weighted by molar-refractivity contribution is 0.348. The molecule has 0 saturated heterocycles. The van der Waals surface area contributed by atoms with Crippen LogP contribution in [0.25, 0.3) is 0 Å². The Morgan fingerprint density at radius 3 is 2.65 bits per heavy atom. The van der Waals surface area contributed by atoms with Crippen LogP contribution in [-0.4, -0.2) is 34.4 Å². The fourth-order valence-electron chi connectivity index (χ4n) is 1.91. The van der Waals surface area contributed by atoms with Crippen LogP contribution >= 0.6 is 11.8 Å². The van der Waals surface area contributed by atoms with Crippen LogP contribution in [0.4, 0.5) is 0 Å². The highest BCUT2D eigenvalue weighted by molar-refractivity contribution is 7.99. The SMILES string of the molecule is Cc1nnc(C(C)SCCN(C)Cc2ccccc2)o1. The van der Waals surface area contributed by atoms with Gasteiger partial charge in [0, 0.05) is 25.8 Å². The Morgan fingerprint density at radius 2 is 2.00 bits per heavy atom. The summed E-state index contributed by atoms with van der Waals surface area (Å²) >= 11 is 1.84. The van der Waals surface area contributed by atoms with Crippen molar-refractivity contribution >= 4 is 11.8 Å². The van der Waals surface area contributed by atoms with Crippen molar-refractivity contribution in [1.82, 2.24) is 15.1 Å². The Morgan fingerprint density at radius 1 is 1.25 bits per heavy atom. The second-order valence-electron chi connectivity index (χ2n) is 4.90. The molecule has 0 bridgehead atoms. The molecule has 0 N–H and O–H groups in total. The van der Waals surface area contributed by atoms with Crippen LogP contribution in [0.1, 0.15) is 29.5 Å². The summed E-state index contributed by atoms with van der Waals surface area (Å²) < 4.78 is 5.44. The summed E-state index contributed by atoms with van der Waals surface area (Å²) in [5.74, 6) is 2.40. The van der Waals surface area contributed by atoms with E-state index in [1.54, 1.807) is 0 Å². The molecule has 4 nitrogen and oxygen atoms in total. The van der Waals surface area contributed by atoms with Gasteiger partial charge in [0.15, 0.2) is 0 Å². The Bertz CT molecular complexity index is 515. The molecule has 1 heterocycles. The van der Waals surface area contributed by atoms with Gasteiger partial charge in [0.05, 0.1) is 5.25 Å². The molecule has 0 fully saturated rings. The Labute approximate surface area is 124 Å². The van der Waals surface area contributed by atoms with E-state index in [0.717, 1.165) is 24.7 Å². The molecule has 0 amide bonds. The number of hydrogen-bond donors (Lipinski definition) is 0. The molecule has 2 aromatic rings. The number of aryl methyl sites for hydroxylation is 1. The monoisotopic (exact) mass is 291 g/mol. The predicted octanol–water partition coefficient (Wildman–Crippen LogP) is 3.30. The maximum absolute atomic E-state index is 5.44. The first-order valence-corrected chi connectivity index (χ1v) is 7.84. The predicted molar refractivity (Wildman–Crippen MR) is 82.7 cm³/mol. The van der Waals surface area contributed by atoms with E-state index in [-0.39, 0.29) is 5.25 Å². The minimum atomic E-state index is 0.251. The summed E-state index contributed by atoms with van der Waals surface area (Å²) in [6.45, 7) is 5.95. The average molecular weight is 291 g/mol. The molecule has 0 saturated carbocycles. The molecule has 5 heteroatoms. The van der Waals surface area contributed by atoms with Crippen molar-refractivity contribution in [1.29, 1.82) is 0 Å². The van der Waals surface area contributed by atoms with Crippen molar-refractivity contribution in [3.05, 3.63) is 47.7 Å². The van der Waals surface area contributed by atoms with Crippen LogP contribution < -0.4 is 0 Å². The van der Waals surface area contributed by atoms with Gasteiger partial charge in [-0.3, -0.25) is 0 Å². The molecular weight excluding hydrogens is 270 g/mol. The number of hydrogen-bond acceptors (Lipinski definition) is 5. The molecule has 108 valence electrons. The number of benzene rings is 1. The zero-order chi connectivity index (χ0) is 14.4. The lowest BCUT2D eigenvalue weighted by atomic mass is 10.2. The Hall–Kier alpha value is -1.33. The van der Waals surface area contributed by atoms with Gasteiger partial charge in [-0.25, -0.2) is 0 Å². The van der Waals surface area contributed by atoms with Crippen molar-refractivity contribution in [2.24, 2.45) is 0 Å². The second-order valence-corrected chi connectivity index (χ2v) is 6.34. The number of nitrogens with zero attached hydrogens (tertiary/aromatic N) is 3. The van der Waals surface area contributed by atoms with E-state index in [4.69, 9.17) is 4.42 Å². The molecule has 0 spiro atoms. The van der Waals surface area contributed by atoms with Crippen molar-refractivity contribution in [3.63, 3.8) is 0 Å². The largest absolute Gasteiger partial charge is 0.424 e. The number of rotatable bonds is 7. The van der Waals surface area contributed by atoms with Crippen LogP contribution in [0.15, 0.2) is 34.7 Å². The van der Waals surface area contributed by atoms with Crippen molar-refractivity contribution in [2.45, 2.75) is 25.6 Å². The van der Waals surface area contributed by atoms with Crippen LogP contribution in [0, 0.1) is 6.92 Å². The summed E-state index contributed by atoms with van der Waals surface area (Å²) in [7, 11) is 2.15. The summed E-state index contributed by atoms with van der Waals surface area (Å²) in [6.07, 6.45) is 0. The summed E-state index contributed by atoms with van der Waals surface area (Å²) in [6, 6.07) is 10.5. The van der Waals surface area contributed by atoms with E-state index in [1.165, 1.54) is 5.56 Å². The molecular formula is C15H21N3OS. The Balaban J connectivity index is 1.70. The number of thioether (sulfide) groups is 1. The van der Waals surface area contributed by atoms with Gasteiger partial charge in [-0.15, -0.1) is 22.0 Å². The van der Waals surface area contributed by atoms with Gasteiger partial charge >= 0.3 is 0 Å². The van der Waals surface area contributed by atoms with Crippen LogP contribution in [0.2, 0.25) is 0 Å². The lowest BCUT2D eigenvalue weighted by Gasteiger charge is -2.17. The first-order chi connectivity index (χ1) is 9.65. The van der Waals surface area contributed by atoms with Gasteiger partial charge in [-0.1, -0.05) is 30.3 Å². The van der Waals surface area contributed by atoms with E-state index >= 15 is 0 Å². The van der Waals surface area contributed by atoms with Gasteiger partial charge in [0.2, 0.25) is 11.8 Å². The normalized spacial score (nSPS) is 12.8. The molecule has 2 rings (SSSR count). The van der Waals surface area contributed by atoms with Gasteiger partial charge in [-0.05, 0) is 19.5 Å². The molecule has 0 aliphatic rings. The second kappa shape index (κ2) is 7.45. The third-order valence-corrected chi connectivity index (χ3v) is 4.15. The number of aromatic nitrogens is 2. The minimum absolute atomic E-state index is 0.251. The van der Waals surface area contributed by atoms with E-state index in [2.05, 4.69) is 53.3 Å². The first-order valence-electron chi connectivity index (χ1n) is 6.79. The maximum Gasteiger partial charge on any atom is 0.229 e. The molecule has 1 aromatic heterocycles. The minimum Gasteiger partial charge on any atom is -0.424 e. The lowest BCUT2D eigenvalue weighted by Crippen LogP contribution is -2.20. The van der Waals surface area contributed by atoms with Crippen LogP contribution in [0.5, 0.6) is 0 Å². The van der Waals surface area contributed by atoms with Crippen molar-refractivity contribution in [3.8, 4) is 0 Å². The quantitative estimate of drug-likeness (QED) is 0.783. The van der Waals surface area contributed by atoms with Crippen LogP contribution in [0.3, 0.4) is 0 Å². The van der Waals surface area contributed by atoms with Crippen LogP contribution in [-0.2, 0) is 6.54 Å². The third kappa shape index (κ3) is 4.65. The molecule has 1 atom stereocenters. The molecule has 0 aliphatic heterocycles. The molecule has 1 aromatic carbocycles. The van der Waals surface area contributed by atoms with Crippen molar-refractivity contribution in [2.75, 3.05) is 19.3 Å².